The highest BCUT2D eigenvalue weighted by Crippen LogP contribution is 2.21. The Bertz CT molecular complexity index is 526. The van der Waals surface area contributed by atoms with Crippen LogP contribution in [0.1, 0.15) is 42.5 Å². The first-order valence-corrected chi connectivity index (χ1v) is 7.38. The van der Waals surface area contributed by atoms with Crippen molar-refractivity contribution in [2.45, 2.75) is 38.2 Å². The number of hydrogen-bond acceptors (Lipinski definition) is 3. The lowest BCUT2D eigenvalue weighted by molar-refractivity contribution is -0.117. The van der Waals surface area contributed by atoms with Gasteiger partial charge < -0.3 is 15.2 Å². The van der Waals surface area contributed by atoms with E-state index in [9.17, 15) is 9.59 Å². The van der Waals surface area contributed by atoms with Crippen molar-refractivity contribution in [1.29, 1.82) is 0 Å². The summed E-state index contributed by atoms with van der Waals surface area (Å²) in [5.41, 5.74) is 0.447. The van der Waals surface area contributed by atoms with Gasteiger partial charge in [0.25, 0.3) is 0 Å². The smallest absolute Gasteiger partial charge is 0.335 e. The van der Waals surface area contributed by atoms with E-state index in [1.807, 2.05) is 0 Å². The Morgan fingerprint density at radius 1 is 1.33 bits per heavy atom. The molecule has 0 saturated carbocycles. The molecule has 0 spiro atoms. The predicted octanol–water partition coefficient (Wildman–Crippen LogP) is 3.33. The zero-order valence-electron chi connectivity index (χ0n) is 11.6. The van der Waals surface area contributed by atoms with Crippen LogP contribution in [0.4, 0.5) is 5.69 Å². The second-order valence-electron chi connectivity index (χ2n) is 5.11. The van der Waals surface area contributed by atoms with Crippen LogP contribution in [0.2, 0.25) is 5.02 Å². The third kappa shape index (κ3) is 5.02. The molecule has 5 nitrogen and oxygen atoms in total. The number of benzene rings is 1. The van der Waals surface area contributed by atoms with Gasteiger partial charge in [-0.1, -0.05) is 11.6 Å². The van der Waals surface area contributed by atoms with E-state index in [-0.39, 0.29) is 22.6 Å². The molecule has 1 aromatic rings. The number of anilines is 1. The maximum Gasteiger partial charge on any atom is 0.335 e. The molecule has 1 aliphatic heterocycles. The Morgan fingerprint density at radius 3 is 2.81 bits per heavy atom. The van der Waals surface area contributed by atoms with E-state index < -0.39 is 5.97 Å². The number of hydrogen-bond donors (Lipinski definition) is 2. The summed E-state index contributed by atoms with van der Waals surface area (Å²) < 4.78 is 5.57. The molecule has 0 aliphatic carbocycles. The Hall–Kier alpha value is -1.59. The zero-order chi connectivity index (χ0) is 15.2. The third-order valence-corrected chi connectivity index (χ3v) is 3.61. The van der Waals surface area contributed by atoms with Gasteiger partial charge in [0.2, 0.25) is 5.91 Å². The number of carboxylic acids is 1. The summed E-state index contributed by atoms with van der Waals surface area (Å²) in [6, 6.07) is 4.27. The SMILES string of the molecule is O=C(CCC1CCCCO1)Nc1cc(Cl)cc(C(=O)O)c1. The molecule has 1 saturated heterocycles. The first kappa shape index (κ1) is 15.8. The van der Waals surface area contributed by atoms with Crippen molar-refractivity contribution in [3.8, 4) is 0 Å². The topological polar surface area (TPSA) is 75.6 Å². The number of amides is 1. The summed E-state index contributed by atoms with van der Waals surface area (Å²) >= 11 is 5.84. The minimum absolute atomic E-state index is 0.0495. The van der Waals surface area contributed by atoms with Gasteiger partial charge in [-0.15, -0.1) is 0 Å². The van der Waals surface area contributed by atoms with Gasteiger partial charge in [0, 0.05) is 23.7 Å². The average molecular weight is 312 g/mol. The minimum atomic E-state index is -1.08. The van der Waals surface area contributed by atoms with Gasteiger partial charge in [0.05, 0.1) is 11.7 Å². The fourth-order valence-corrected chi connectivity index (χ4v) is 2.57. The quantitative estimate of drug-likeness (QED) is 0.874. The first-order chi connectivity index (χ1) is 10.0. The fraction of sp³-hybridized carbons (Fsp3) is 0.467. The molecule has 0 radical (unpaired) electrons. The summed E-state index contributed by atoms with van der Waals surface area (Å²) in [6.07, 6.45) is 4.40. The second-order valence-corrected chi connectivity index (χ2v) is 5.55. The van der Waals surface area contributed by atoms with Crippen LogP contribution in [0, 0.1) is 0 Å². The molecule has 2 rings (SSSR count). The molecule has 2 N–H and O–H groups in total. The monoisotopic (exact) mass is 311 g/mol. The number of halogens is 1. The third-order valence-electron chi connectivity index (χ3n) is 3.40. The number of nitrogens with one attached hydrogen (secondary N) is 1. The van der Waals surface area contributed by atoms with Crippen LogP contribution in [-0.4, -0.2) is 29.7 Å². The van der Waals surface area contributed by atoms with Gasteiger partial charge in [-0.05, 0) is 43.9 Å². The molecule has 1 unspecified atom stereocenters. The summed E-state index contributed by atoms with van der Waals surface area (Å²) in [6.45, 7) is 0.766. The molecule has 0 aromatic heterocycles. The molecule has 21 heavy (non-hydrogen) atoms. The second kappa shape index (κ2) is 7.43. The Kier molecular flexibility index (Phi) is 5.59. The Balaban J connectivity index is 1.88. The van der Waals surface area contributed by atoms with Gasteiger partial charge in [0.15, 0.2) is 0 Å². The summed E-state index contributed by atoms with van der Waals surface area (Å²) in [7, 11) is 0. The first-order valence-electron chi connectivity index (χ1n) is 7.00. The Morgan fingerprint density at radius 2 is 2.14 bits per heavy atom. The molecule has 1 atom stereocenters. The van der Waals surface area contributed by atoms with Crippen molar-refractivity contribution in [3.63, 3.8) is 0 Å². The minimum Gasteiger partial charge on any atom is -0.478 e. The van der Waals surface area contributed by atoms with Crippen molar-refractivity contribution in [3.05, 3.63) is 28.8 Å². The predicted molar refractivity (Wildman–Crippen MR) is 79.9 cm³/mol. The molecule has 1 aliphatic rings. The number of carbonyl (C=O) groups is 2. The average Bonchev–Trinajstić information content (AvgIpc) is 2.45. The molecule has 1 amide bonds. The van der Waals surface area contributed by atoms with Crippen molar-refractivity contribution >= 4 is 29.2 Å². The Labute approximate surface area is 128 Å². The lowest BCUT2D eigenvalue weighted by Crippen LogP contribution is -2.21. The molecule has 1 aromatic carbocycles. The van der Waals surface area contributed by atoms with E-state index >= 15 is 0 Å². The highest BCUT2D eigenvalue weighted by atomic mass is 35.5. The summed E-state index contributed by atoms with van der Waals surface area (Å²) in [5.74, 6) is -1.24. The van der Waals surface area contributed by atoms with Gasteiger partial charge in [-0.3, -0.25) is 4.79 Å². The van der Waals surface area contributed by atoms with E-state index in [0.29, 0.717) is 18.5 Å². The van der Waals surface area contributed by atoms with Crippen LogP contribution in [0.15, 0.2) is 18.2 Å². The number of carbonyl (C=O) groups excluding carboxylic acids is 1. The summed E-state index contributed by atoms with van der Waals surface area (Å²) in [4.78, 5) is 22.8. The lowest BCUT2D eigenvalue weighted by Gasteiger charge is -2.22. The maximum atomic E-state index is 11.9. The number of aromatic carboxylic acids is 1. The number of carboxylic acid groups (broad SMARTS) is 1. The van der Waals surface area contributed by atoms with Crippen LogP contribution < -0.4 is 5.32 Å². The molecule has 0 bridgehead atoms. The number of rotatable bonds is 5. The highest BCUT2D eigenvalue weighted by Gasteiger charge is 2.15. The van der Waals surface area contributed by atoms with Crippen LogP contribution in [0.3, 0.4) is 0 Å². The van der Waals surface area contributed by atoms with Crippen LogP contribution in [0.25, 0.3) is 0 Å². The van der Waals surface area contributed by atoms with Crippen LogP contribution >= 0.6 is 11.6 Å². The number of ether oxygens (including phenoxy) is 1. The maximum absolute atomic E-state index is 11.9. The van der Waals surface area contributed by atoms with Crippen molar-refractivity contribution in [2.75, 3.05) is 11.9 Å². The van der Waals surface area contributed by atoms with E-state index in [1.165, 1.54) is 18.2 Å². The van der Waals surface area contributed by atoms with Crippen LogP contribution in [-0.2, 0) is 9.53 Å². The molecule has 1 heterocycles. The molecule has 1 fully saturated rings. The van der Waals surface area contributed by atoms with Crippen molar-refractivity contribution < 1.29 is 19.4 Å². The standard InChI is InChI=1S/C15H18ClNO4/c16-11-7-10(15(19)20)8-12(9-11)17-14(18)5-4-13-3-1-2-6-21-13/h7-9,13H,1-6H2,(H,17,18)(H,19,20). The van der Waals surface area contributed by atoms with Gasteiger partial charge >= 0.3 is 5.97 Å². The normalized spacial score (nSPS) is 18.2. The molecule has 114 valence electrons. The van der Waals surface area contributed by atoms with Crippen molar-refractivity contribution in [2.24, 2.45) is 0 Å². The van der Waals surface area contributed by atoms with Crippen LogP contribution in [0.5, 0.6) is 0 Å². The highest BCUT2D eigenvalue weighted by molar-refractivity contribution is 6.31. The molecule has 6 heteroatoms. The zero-order valence-corrected chi connectivity index (χ0v) is 12.4. The van der Waals surface area contributed by atoms with Gasteiger partial charge in [0.1, 0.15) is 0 Å². The summed E-state index contributed by atoms with van der Waals surface area (Å²) in [5, 5.41) is 11.9. The van der Waals surface area contributed by atoms with Gasteiger partial charge in [-0.25, -0.2) is 4.79 Å². The molecular formula is C15H18ClNO4. The fourth-order valence-electron chi connectivity index (χ4n) is 2.34. The lowest BCUT2D eigenvalue weighted by atomic mass is 10.0. The van der Waals surface area contributed by atoms with E-state index in [0.717, 1.165) is 25.9 Å². The largest absolute Gasteiger partial charge is 0.478 e. The van der Waals surface area contributed by atoms with E-state index in [4.69, 9.17) is 21.4 Å². The van der Waals surface area contributed by atoms with Crippen molar-refractivity contribution in [1.82, 2.24) is 0 Å². The van der Waals surface area contributed by atoms with E-state index in [1.54, 1.807) is 0 Å². The van der Waals surface area contributed by atoms with Gasteiger partial charge in [-0.2, -0.15) is 0 Å². The molecular weight excluding hydrogens is 294 g/mol. The van der Waals surface area contributed by atoms with E-state index in [2.05, 4.69) is 5.32 Å².